The van der Waals surface area contributed by atoms with Crippen molar-refractivity contribution in [2.75, 3.05) is 0 Å². The van der Waals surface area contributed by atoms with Crippen molar-refractivity contribution in [3.8, 4) is 6.07 Å². The van der Waals surface area contributed by atoms with Gasteiger partial charge in [0, 0.05) is 17.1 Å². The molecule has 1 aromatic heterocycles. The largest absolute Gasteiger partial charge is 0.416 e. The Morgan fingerprint density at radius 1 is 1.17 bits per heavy atom. The molecular weight excluding hydrogens is 320 g/mol. The molecule has 0 fully saturated rings. The zero-order valence-electron chi connectivity index (χ0n) is 12.7. The number of aromatic nitrogens is 1. The summed E-state index contributed by atoms with van der Waals surface area (Å²) in [6, 6.07) is 10.0. The molecule has 24 heavy (non-hydrogen) atoms. The van der Waals surface area contributed by atoms with Crippen molar-refractivity contribution in [1.82, 2.24) is 4.57 Å². The average Bonchev–Trinajstić information content (AvgIpc) is 2.92. The van der Waals surface area contributed by atoms with Crippen LogP contribution in [0.5, 0.6) is 0 Å². The van der Waals surface area contributed by atoms with Crippen LogP contribution in [0.1, 0.15) is 22.3 Å². The van der Waals surface area contributed by atoms with Crippen LogP contribution in [0.15, 0.2) is 42.6 Å². The van der Waals surface area contributed by atoms with E-state index in [1.54, 1.807) is 42.0 Å². The SMILES string of the molecule is Cc1cc(C(F)(F)F)cc2ccn(Cc3cccc(C#N)c3F)c12. The Labute approximate surface area is 135 Å². The lowest BCUT2D eigenvalue weighted by molar-refractivity contribution is -0.137. The van der Waals surface area contributed by atoms with Gasteiger partial charge in [0.15, 0.2) is 0 Å². The highest BCUT2D eigenvalue weighted by Gasteiger charge is 2.31. The number of benzene rings is 2. The molecule has 0 saturated carbocycles. The number of alkyl halides is 3. The second-order valence-corrected chi connectivity index (χ2v) is 5.56. The molecular formula is C18H12F4N2. The van der Waals surface area contributed by atoms with Gasteiger partial charge in [-0.3, -0.25) is 0 Å². The highest BCUT2D eigenvalue weighted by Crippen LogP contribution is 2.33. The first-order valence-electron chi connectivity index (χ1n) is 7.15. The minimum absolute atomic E-state index is 0.0555. The van der Waals surface area contributed by atoms with Gasteiger partial charge in [-0.15, -0.1) is 0 Å². The molecule has 0 saturated heterocycles. The van der Waals surface area contributed by atoms with Gasteiger partial charge in [-0.05, 0) is 36.8 Å². The van der Waals surface area contributed by atoms with Crippen LogP contribution in [0.25, 0.3) is 10.9 Å². The topological polar surface area (TPSA) is 28.7 Å². The molecule has 0 amide bonds. The van der Waals surface area contributed by atoms with Gasteiger partial charge in [-0.25, -0.2) is 4.39 Å². The number of aryl methyl sites for hydroxylation is 1. The molecule has 0 aliphatic carbocycles. The minimum atomic E-state index is -4.41. The van der Waals surface area contributed by atoms with Gasteiger partial charge in [0.25, 0.3) is 0 Å². The third-order valence-electron chi connectivity index (χ3n) is 3.92. The number of hydrogen-bond donors (Lipinski definition) is 0. The van der Waals surface area contributed by atoms with Crippen LogP contribution in [-0.2, 0) is 12.7 Å². The van der Waals surface area contributed by atoms with Crippen LogP contribution < -0.4 is 0 Å². The Bertz CT molecular complexity index is 962. The van der Waals surface area contributed by atoms with Crippen molar-refractivity contribution < 1.29 is 17.6 Å². The van der Waals surface area contributed by atoms with E-state index in [2.05, 4.69) is 0 Å². The zero-order valence-corrected chi connectivity index (χ0v) is 12.7. The first-order chi connectivity index (χ1) is 11.3. The van der Waals surface area contributed by atoms with Gasteiger partial charge in [0.1, 0.15) is 11.9 Å². The fourth-order valence-corrected chi connectivity index (χ4v) is 2.84. The van der Waals surface area contributed by atoms with Crippen molar-refractivity contribution in [2.24, 2.45) is 0 Å². The molecule has 6 heteroatoms. The van der Waals surface area contributed by atoms with Gasteiger partial charge in [0.2, 0.25) is 0 Å². The smallest absolute Gasteiger partial charge is 0.343 e. The molecule has 0 bridgehead atoms. The van der Waals surface area contributed by atoms with Crippen molar-refractivity contribution in [2.45, 2.75) is 19.6 Å². The van der Waals surface area contributed by atoms with Crippen LogP contribution in [-0.4, -0.2) is 4.57 Å². The predicted molar refractivity (Wildman–Crippen MR) is 81.9 cm³/mol. The molecule has 0 aliphatic rings. The third-order valence-corrected chi connectivity index (χ3v) is 3.92. The van der Waals surface area contributed by atoms with Crippen LogP contribution >= 0.6 is 0 Å². The van der Waals surface area contributed by atoms with Gasteiger partial charge in [-0.1, -0.05) is 12.1 Å². The minimum Gasteiger partial charge on any atom is -0.343 e. The number of nitriles is 1. The maximum atomic E-state index is 14.2. The standard InChI is InChI=1S/C18H12F4N2/c1-11-7-15(18(20,21)22)8-12-5-6-24(17(11)12)10-14-4-2-3-13(9-23)16(14)19/h2-8H,10H2,1H3. The van der Waals surface area contributed by atoms with Gasteiger partial charge < -0.3 is 4.57 Å². The highest BCUT2D eigenvalue weighted by atomic mass is 19.4. The maximum Gasteiger partial charge on any atom is 0.416 e. The second kappa shape index (κ2) is 5.68. The number of hydrogen-bond acceptors (Lipinski definition) is 1. The Morgan fingerprint density at radius 3 is 2.58 bits per heavy atom. The molecule has 0 spiro atoms. The number of halogens is 4. The molecule has 0 N–H and O–H groups in total. The summed E-state index contributed by atoms with van der Waals surface area (Å²) in [6.07, 6.45) is -2.79. The van der Waals surface area contributed by atoms with Crippen molar-refractivity contribution in [3.05, 3.63) is 70.7 Å². The maximum absolute atomic E-state index is 14.2. The Morgan fingerprint density at radius 2 is 1.92 bits per heavy atom. The Kier molecular flexibility index (Phi) is 3.80. The summed E-state index contributed by atoms with van der Waals surface area (Å²) in [6.45, 7) is 1.73. The fraction of sp³-hybridized carbons (Fsp3) is 0.167. The van der Waals surface area contributed by atoms with E-state index in [0.29, 0.717) is 22.0 Å². The molecule has 0 unspecified atom stereocenters. The average molecular weight is 332 g/mol. The van der Waals surface area contributed by atoms with Gasteiger partial charge in [0.05, 0.1) is 23.2 Å². The molecule has 3 rings (SSSR count). The van der Waals surface area contributed by atoms with E-state index >= 15 is 0 Å². The lowest BCUT2D eigenvalue weighted by Gasteiger charge is -2.12. The molecule has 2 nitrogen and oxygen atoms in total. The lowest BCUT2D eigenvalue weighted by Crippen LogP contribution is -2.06. The quantitative estimate of drug-likeness (QED) is 0.605. The molecule has 3 aromatic rings. The first-order valence-corrected chi connectivity index (χ1v) is 7.15. The fourth-order valence-electron chi connectivity index (χ4n) is 2.84. The van der Waals surface area contributed by atoms with E-state index in [4.69, 9.17) is 5.26 Å². The lowest BCUT2D eigenvalue weighted by atomic mass is 10.1. The Hall–Kier alpha value is -2.81. The van der Waals surface area contributed by atoms with Crippen LogP contribution in [0.4, 0.5) is 17.6 Å². The summed E-state index contributed by atoms with van der Waals surface area (Å²) < 4.78 is 54.6. The first kappa shape index (κ1) is 16.1. The summed E-state index contributed by atoms with van der Waals surface area (Å²) in [5.74, 6) is -0.605. The molecule has 1 heterocycles. The van der Waals surface area contributed by atoms with E-state index in [1.807, 2.05) is 0 Å². The summed E-state index contributed by atoms with van der Waals surface area (Å²) in [5, 5.41) is 9.33. The summed E-state index contributed by atoms with van der Waals surface area (Å²) in [7, 11) is 0. The monoisotopic (exact) mass is 332 g/mol. The van der Waals surface area contributed by atoms with E-state index in [9.17, 15) is 17.6 Å². The molecule has 2 aromatic carbocycles. The van der Waals surface area contributed by atoms with Crippen LogP contribution in [0.2, 0.25) is 0 Å². The van der Waals surface area contributed by atoms with E-state index in [-0.39, 0.29) is 12.1 Å². The number of rotatable bonds is 2. The number of nitrogens with zero attached hydrogens (tertiary/aromatic N) is 2. The van der Waals surface area contributed by atoms with Gasteiger partial charge in [-0.2, -0.15) is 18.4 Å². The molecule has 0 aliphatic heterocycles. The van der Waals surface area contributed by atoms with Crippen LogP contribution in [0, 0.1) is 24.1 Å². The molecule has 0 atom stereocenters. The Balaban J connectivity index is 2.08. The van der Waals surface area contributed by atoms with Crippen molar-refractivity contribution in [1.29, 1.82) is 5.26 Å². The zero-order chi connectivity index (χ0) is 17.5. The second-order valence-electron chi connectivity index (χ2n) is 5.56. The van der Waals surface area contributed by atoms with Crippen molar-refractivity contribution >= 4 is 10.9 Å². The summed E-state index contributed by atoms with van der Waals surface area (Å²) in [4.78, 5) is 0. The summed E-state index contributed by atoms with van der Waals surface area (Å²) >= 11 is 0. The molecule has 0 radical (unpaired) electrons. The van der Waals surface area contributed by atoms with E-state index < -0.39 is 17.6 Å². The van der Waals surface area contributed by atoms with E-state index in [1.165, 1.54) is 6.07 Å². The normalized spacial score (nSPS) is 11.7. The predicted octanol–water partition coefficient (Wildman–Crippen LogP) is 5.03. The summed E-state index contributed by atoms with van der Waals surface area (Å²) in [5.41, 5.74) is 0.625. The van der Waals surface area contributed by atoms with Crippen LogP contribution in [0.3, 0.4) is 0 Å². The highest BCUT2D eigenvalue weighted by molar-refractivity contribution is 5.84. The third kappa shape index (κ3) is 2.73. The molecule has 122 valence electrons. The van der Waals surface area contributed by atoms with Gasteiger partial charge >= 0.3 is 6.18 Å². The number of fused-ring (bicyclic) bond motifs is 1. The van der Waals surface area contributed by atoms with Crippen molar-refractivity contribution in [3.63, 3.8) is 0 Å². The van der Waals surface area contributed by atoms with E-state index in [0.717, 1.165) is 12.1 Å².